The predicted octanol–water partition coefficient (Wildman–Crippen LogP) is 3.35. The molecular weight excluding hydrogens is 456 g/mol. The van der Waals surface area contributed by atoms with Gasteiger partial charge in [-0.3, -0.25) is 9.59 Å². The third-order valence-corrected chi connectivity index (χ3v) is 5.93. The highest BCUT2D eigenvalue weighted by molar-refractivity contribution is 6.32. The lowest BCUT2D eigenvalue weighted by molar-refractivity contribution is -0.115. The number of anilines is 3. The molecule has 34 heavy (non-hydrogen) atoms. The van der Waals surface area contributed by atoms with Gasteiger partial charge in [-0.2, -0.15) is 0 Å². The minimum absolute atomic E-state index is 0.187. The molecule has 1 fully saturated rings. The molecule has 2 N–H and O–H groups in total. The van der Waals surface area contributed by atoms with Crippen LogP contribution < -0.4 is 25.2 Å². The first-order valence-corrected chi connectivity index (χ1v) is 11.9. The summed E-state index contributed by atoms with van der Waals surface area (Å²) >= 11 is 5.89. The number of nitrogens with zero attached hydrogens (tertiary/aromatic N) is 2. The third kappa shape index (κ3) is 6.55. The zero-order valence-electron chi connectivity index (χ0n) is 20.0. The summed E-state index contributed by atoms with van der Waals surface area (Å²) in [6, 6.07) is 13.4. The number of rotatable bonds is 10. The summed E-state index contributed by atoms with van der Waals surface area (Å²) in [6.45, 7) is 5.74. The van der Waals surface area contributed by atoms with Crippen molar-refractivity contribution in [1.29, 1.82) is 0 Å². The van der Waals surface area contributed by atoms with Crippen LogP contribution in [-0.4, -0.2) is 70.7 Å². The lowest BCUT2D eigenvalue weighted by Crippen LogP contribution is -2.47. The molecule has 1 heterocycles. The number of para-hydroxylation sites is 2. The highest BCUT2D eigenvalue weighted by Crippen LogP contribution is 2.31. The van der Waals surface area contributed by atoms with Crippen molar-refractivity contribution < 1.29 is 19.1 Å². The SMILES string of the molecule is COCCCNC(=O)c1cc(NC(=O)C(C)Cl)ccc1N1CCN(c2ccccc2OC)CC1. The van der Waals surface area contributed by atoms with Crippen LogP contribution in [0.25, 0.3) is 0 Å². The molecule has 9 heteroatoms. The van der Waals surface area contributed by atoms with Gasteiger partial charge in [0.2, 0.25) is 5.91 Å². The normalized spacial score (nSPS) is 14.5. The van der Waals surface area contributed by atoms with Crippen molar-refractivity contribution in [2.75, 3.05) is 68.7 Å². The molecule has 8 nitrogen and oxygen atoms in total. The summed E-state index contributed by atoms with van der Waals surface area (Å²) in [4.78, 5) is 29.6. The number of hydrogen-bond acceptors (Lipinski definition) is 6. The number of carbonyl (C=O) groups is 2. The van der Waals surface area contributed by atoms with Crippen molar-refractivity contribution in [2.45, 2.75) is 18.7 Å². The first kappa shape index (κ1) is 25.6. The lowest BCUT2D eigenvalue weighted by atomic mass is 10.1. The smallest absolute Gasteiger partial charge is 0.253 e. The Morgan fingerprint density at radius 1 is 1.03 bits per heavy atom. The van der Waals surface area contributed by atoms with Crippen molar-refractivity contribution in [3.63, 3.8) is 0 Å². The quantitative estimate of drug-likeness (QED) is 0.394. The highest BCUT2D eigenvalue weighted by atomic mass is 35.5. The summed E-state index contributed by atoms with van der Waals surface area (Å²) in [7, 11) is 3.31. The fraction of sp³-hybridized carbons (Fsp3) is 0.440. The number of piperazine rings is 1. The Balaban J connectivity index is 1.77. The van der Waals surface area contributed by atoms with E-state index in [1.54, 1.807) is 33.3 Å². The molecular formula is C25H33ClN4O4. The summed E-state index contributed by atoms with van der Waals surface area (Å²) in [6.07, 6.45) is 0.718. The maximum atomic E-state index is 13.1. The molecule has 0 saturated carbocycles. The Labute approximate surface area is 206 Å². The summed E-state index contributed by atoms with van der Waals surface area (Å²) in [5.74, 6) is 0.347. The number of alkyl halides is 1. The van der Waals surface area contributed by atoms with E-state index >= 15 is 0 Å². The van der Waals surface area contributed by atoms with Crippen LogP contribution in [0.3, 0.4) is 0 Å². The van der Waals surface area contributed by atoms with Gasteiger partial charge in [-0.05, 0) is 43.7 Å². The fourth-order valence-electron chi connectivity index (χ4n) is 3.91. The van der Waals surface area contributed by atoms with E-state index in [4.69, 9.17) is 21.1 Å². The standard InChI is InChI=1S/C25H33ClN4O4/c1-18(26)24(31)28-19-9-10-21(20(17-19)25(32)27-11-6-16-33-2)29-12-14-30(15-13-29)22-7-4-5-8-23(22)34-3/h4-5,7-10,17-18H,6,11-16H2,1-3H3,(H,27,32)(H,28,31). The molecule has 0 spiro atoms. The van der Waals surface area contributed by atoms with E-state index in [-0.39, 0.29) is 11.8 Å². The van der Waals surface area contributed by atoms with Gasteiger partial charge in [-0.1, -0.05) is 12.1 Å². The number of hydrogen-bond donors (Lipinski definition) is 2. The number of halogens is 1. The Hall–Kier alpha value is -2.97. The maximum Gasteiger partial charge on any atom is 0.253 e. The Bertz CT molecular complexity index is 977. The van der Waals surface area contributed by atoms with Crippen molar-refractivity contribution >= 4 is 40.5 Å². The van der Waals surface area contributed by atoms with Gasteiger partial charge < -0.3 is 29.9 Å². The third-order valence-electron chi connectivity index (χ3n) is 5.73. The molecule has 0 bridgehead atoms. The van der Waals surface area contributed by atoms with Crippen molar-refractivity contribution in [1.82, 2.24) is 5.32 Å². The average Bonchev–Trinajstić information content (AvgIpc) is 2.86. The van der Waals surface area contributed by atoms with Crippen LogP contribution in [0.1, 0.15) is 23.7 Å². The summed E-state index contributed by atoms with van der Waals surface area (Å²) in [5.41, 5.74) is 2.95. The van der Waals surface area contributed by atoms with Crippen LogP contribution >= 0.6 is 11.6 Å². The van der Waals surface area contributed by atoms with E-state index in [2.05, 4.69) is 26.5 Å². The molecule has 1 atom stereocenters. The number of amides is 2. The summed E-state index contributed by atoms with van der Waals surface area (Å²) < 4.78 is 10.6. The first-order valence-electron chi connectivity index (χ1n) is 11.4. The van der Waals surface area contributed by atoms with Crippen molar-refractivity contribution in [2.24, 2.45) is 0 Å². The second kappa shape index (κ2) is 12.5. The molecule has 2 amide bonds. The second-order valence-electron chi connectivity index (χ2n) is 8.09. The minimum Gasteiger partial charge on any atom is -0.495 e. The Morgan fingerprint density at radius 2 is 1.71 bits per heavy atom. The molecule has 184 valence electrons. The zero-order valence-corrected chi connectivity index (χ0v) is 20.7. The monoisotopic (exact) mass is 488 g/mol. The van der Waals surface area contributed by atoms with Crippen LogP contribution in [0.4, 0.5) is 17.1 Å². The van der Waals surface area contributed by atoms with Gasteiger partial charge in [0.05, 0.1) is 18.4 Å². The van der Waals surface area contributed by atoms with Gasteiger partial charge >= 0.3 is 0 Å². The van der Waals surface area contributed by atoms with E-state index in [0.29, 0.717) is 24.4 Å². The molecule has 1 aliphatic rings. The van der Waals surface area contributed by atoms with E-state index in [0.717, 1.165) is 49.7 Å². The zero-order chi connectivity index (χ0) is 24.5. The first-order chi connectivity index (χ1) is 16.4. The van der Waals surface area contributed by atoms with Gasteiger partial charge in [0.15, 0.2) is 0 Å². The molecule has 1 aliphatic heterocycles. The molecule has 1 saturated heterocycles. The van der Waals surface area contributed by atoms with Gasteiger partial charge in [-0.25, -0.2) is 0 Å². The average molecular weight is 489 g/mol. The molecule has 2 aromatic rings. The second-order valence-corrected chi connectivity index (χ2v) is 8.74. The van der Waals surface area contributed by atoms with E-state index in [9.17, 15) is 9.59 Å². The van der Waals surface area contributed by atoms with E-state index in [1.165, 1.54) is 0 Å². The van der Waals surface area contributed by atoms with Crippen LogP contribution in [-0.2, 0) is 9.53 Å². The van der Waals surface area contributed by atoms with E-state index < -0.39 is 5.38 Å². The molecule has 0 aliphatic carbocycles. The van der Waals surface area contributed by atoms with Crippen LogP contribution in [0.15, 0.2) is 42.5 Å². The Kier molecular flexibility index (Phi) is 9.42. The number of ether oxygens (including phenoxy) is 2. The minimum atomic E-state index is -0.672. The molecule has 2 aromatic carbocycles. The number of carbonyl (C=O) groups excluding carboxylic acids is 2. The largest absolute Gasteiger partial charge is 0.495 e. The number of methoxy groups -OCH3 is 2. The number of benzene rings is 2. The molecule has 1 unspecified atom stereocenters. The maximum absolute atomic E-state index is 13.1. The van der Waals surface area contributed by atoms with Crippen LogP contribution in [0.5, 0.6) is 5.75 Å². The lowest BCUT2D eigenvalue weighted by Gasteiger charge is -2.38. The summed E-state index contributed by atoms with van der Waals surface area (Å²) in [5, 5.41) is 5.06. The van der Waals surface area contributed by atoms with Gasteiger partial charge in [0.25, 0.3) is 5.91 Å². The highest BCUT2D eigenvalue weighted by Gasteiger charge is 2.24. The molecule has 3 rings (SSSR count). The van der Waals surface area contributed by atoms with Gasteiger partial charge in [-0.15, -0.1) is 11.6 Å². The molecule has 0 radical (unpaired) electrons. The van der Waals surface area contributed by atoms with E-state index in [1.807, 2.05) is 24.3 Å². The topological polar surface area (TPSA) is 83.1 Å². The van der Waals surface area contributed by atoms with Crippen molar-refractivity contribution in [3.8, 4) is 5.75 Å². The predicted molar refractivity (Wildman–Crippen MR) is 137 cm³/mol. The van der Waals surface area contributed by atoms with Crippen LogP contribution in [0, 0.1) is 0 Å². The van der Waals surface area contributed by atoms with Gasteiger partial charge in [0, 0.05) is 57.8 Å². The number of nitrogens with one attached hydrogen (secondary N) is 2. The Morgan fingerprint density at radius 3 is 2.35 bits per heavy atom. The van der Waals surface area contributed by atoms with Crippen LogP contribution in [0.2, 0.25) is 0 Å². The van der Waals surface area contributed by atoms with Gasteiger partial charge in [0.1, 0.15) is 11.1 Å². The molecule has 0 aromatic heterocycles. The fourth-order valence-corrected chi connectivity index (χ4v) is 3.96. The van der Waals surface area contributed by atoms with Crippen molar-refractivity contribution in [3.05, 3.63) is 48.0 Å².